The molecular formula is C21H19N5OS. The molecule has 1 aromatic carbocycles. The maximum atomic E-state index is 6.03. The molecule has 0 spiro atoms. The lowest BCUT2D eigenvalue weighted by atomic mass is 10.2. The molecule has 5 rings (SSSR count). The van der Waals surface area contributed by atoms with Crippen LogP contribution >= 0.6 is 11.3 Å². The molecule has 0 saturated carbocycles. The summed E-state index contributed by atoms with van der Waals surface area (Å²) in [6.07, 6.45) is 6.11. The molecule has 1 aliphatic heterocycles. The number of rotatable bonds is 4. The molecule has 6 nitrogen and oxygen atoms in total. The highest BCUT2D eigenvalue weighted by atomic mass is 32.1. The molecule has 2 N–H and O–H groups in total. The van der Waals surface area contributed by atoms with E-state index in [1.165, 1.54) is 24.2 Å². The van der Waals surface area contributed by atoms with E-state index >= 15 is 0 Å². The average Bonchev–Trinajstić information content (AvgIpc) is 3.37. The molecule has 0 amide bonds. The molecule has 0 aliphatic carbocycles. The Labute approximate surface area is 166 Å². The van der Waals surface area contributed by atoms with Crippen molar-refractivity contribution in [3.8, 4) is 22.8 Å². The van der Waals surface area contributed by atoms with Crippen LogP contribution in [0.4, 0.5) is 10.9 Å². The molecule has 1 fully saturated rings. The number of pyridine rings is 2. The van der Waals surface area contributed by atoms with Gasteiger partial charge in [0.2, 0.25) is 0 Å². The number of hydrogen-bond acceptors (Lipinski definition) is 7. The van der Waals surface area contributed by atoms with E-state index in [4.69, 9.17) is 10.5 Å². The second-order valence-corrected chi connectivity index (χ2v) is 7.82. The first-order valence-electron chi connectivity index (χ1n) is 9.26. The summed E-state index contributed by atoms with van der Waals surface area (Å²) in [5.74, 6) is 2.51. The standard InChI is InChI=1S/C21H19N5OS/c22-21-25-17-5-4-15(12-19(17)28-21)27-16-7-8-23-18(11-16)14-3-6-20(24-13-14)26-9-1-2-10-26/h3-8,11-13H,1-2,9-10H2,(H2,22,25). The maximum Gasteiger partial charge on any atom is 0.181 e. The predicted molar refractivity (Wildman–Crippen MR) is 113 cm³/mol. The van der Waals surface area contributed by atoms with Crippen LogP contribution in [-0.2, 0) is 0 Å². The van der Waals surface area contributed by atoms with E-state index in [9.17, 15) is 0 Å². The highest BCUT2D eigenvalue weighted by Gasteiger charge is 2.13. The van der Waals surface area contributed by atoms with E-state index in [0.717, 1.165) is 51.9 Å². The summed E-state index contributed by atoms with van der Waals surface area (Å²) >= 11 is 1.45. The van der Waals surface area contributed by atoms with Crippen LogP contribution in [0.1, 0.15) is 12.8 Å². The number of thiazole rings is 1. The Hall–Kier alpha value is -3.19. The minimum atomic E-state index is 0.559. The number of nitrogen functional groups attached to an aromatic ring is 1. The summed E-state index contributed by atoms with van der Waals surface area (Å²) in [7, 11) is 0. The van der Waals surface area contributed by atoms with Gasteiger partial charge in [0.1, 0.15) is 17.3 Å². The van der Waals surface area contributed by atoms with Crippen LogP contribution in [0, 0.1) is 0 Å². The fraction of sp³-hybridized carbons (Fsp3) is 0.190. The zero-order valence-electron chi connectivity index (χ0n) is 15.2. The van der Waals surface area contributed by atoms with E-state index < -0.39 is 0 Å². The molecule has 4 heterocycles. The summed E-state index contributed by atoms with van der Waals surface area (Å²) < 4.78 is 7.04. The average molecular weight is 389 g/mol. The van der Waals surface area contributed by atoms with Gasteiger partial charge in [0, 0.05) is 43.2 Å². The van der Waals surface area contributed by atoms with Gasteiger partial charge in [0.15, 0.2) is 5.13 Å². The quantitative estimate of drug-likeness (QED) is 0.544. The smallest absolute Gasteiger partial charge is 0.181 e. The van der Waals surface area contributed by atoms with Crippen molar-refractivity contribution in [2.75, 3.05) is 23.7 Å². The highest BCUT2D eigenvalue weighted by Crippen LogP contribution is 2.31. The minimum Gasteiger partial charge on any atom is -0.457 e. The van der Waals surface area contributed by atoms with Crippen LogP contribution in [0.5, 0.6) is 11.5 Å². The van der Waals surface area contributed by atoms with Crippen LogP contribution in [0.15, 0.2) is 54.9 Å². The number of ether oxygens (including phenoxy) is 1. The van der Waals surface area contributed by atoms with Crippen LogP contribution in [0.3, 0.4) is 0 Å². The summed E-state index contributed by atoms with van der Waals surface area (Å²) in [5.41, 5.74) is 8.47. The summed E-state index contributed by atoms with van der Waals surface area (Å²) in [4.78, 5) is 15.7. The molecule has 0 bridgehead atoms. The van der Waals surface area contributed by atoms with E-state index in [-0.39, 0.29) is 0 Å². The third-order valence-corrected chi connectivity index (χ3v) is 5.66. The number of benzene rings is 1. The highest BCUT2D eigenvalue weighted by molar-refractivity contribution is 7.22. The Morgan fingerprint density at radius 1 is 0.964 bits per heavy atom. The molecule has 4 aromatic rings. The van der Waals surface area contributed by atoms with E-state index in [2.05, 4.69) is 32.0 Å². The molecule has 0 radical (unpaired) electrons. The first-order valence-corrected chi connectivity index (χ1v) is 10.1. The van der Waals surface area contributed by atoms with Crippen molar-refractivity contribution in [1.29, 1.82) is 0 Å². The van der Waals surface area contributed by atoms with Crippen molar-refractivity contribution in [2.24, 2.45) is 0 Å². The van der Waals surface area contributed by atoms with Gasteiger partial charge in [0.25, 0.3) is 0 Å². The number of anilines is 2. The van der Waals surface area contributed by atoms with E-state index in [1.807, 2.05) is 36.5 Å². The fourth-order valence-corrected chi connectivity index (χ4v) is 4.19. The van der Waals surface area contributed by atoms with Crippen molar-refractivity contribution in [1.82, 2.24) is 15.0 Å². The monoisotopic (exact) mass is 389 g/mol. The number of nitrogens with zero attached hydrogens (tertiary/aromatic N) is 4. The Balaban J connectivity index is 1.37. The normalized spacial score (nSPS) is 13.9. The third kappa shape index (κ3) is 3.36. The van der Waals surface area contributed by atoms with Crippen molar-refractivity contribution in [3.05, 3.63) is 54.9 Å². The second kappa shape index (κ2) is 7.09. The molecule has 3 aromatic heterocycles. The molecule has 1 aliphatic rings. The lowest BCUT2D eigenvalue weighted by Gasteiger charge is -2.16. The minimum absolute atomic E-state index is 0.559. The summed E-state index contributed by atoms with van der Waals surface area (Å²) in [6.45, 7) is 2.17. The number of hydrogen-bond donors (Lipinski definition) is 1. The fourth-order valence-electron chi connectivity index (χ4n) is 3.43. The topological polar surface area (TPSA) is 77.2 Å². The van der Waals surface area contributed by atoms with Gasteiger partial charge in [-0.25, -0.2) is 9.97 Å². The van der Waals surface area contributed by atoms with Crippen molar-refractivity contribution < 1.29 is 4.74 Å². The number of nitrogens with two attached hydrogens (primary N) is 1. The summed E-state index contributed by atoms with van der Waals surface area (Å²) in [6, 6.07) is 13.7. The molecule has 0 unspecified atom stereocenters. The van der Waals surface area contributed by atoms with Crippen molar-refractivity contribution in [3.63, 3.8) is 0 Å². The Morgan fingerprint density at radius 3 is 2.64 bits per heavy atom. The number of fused-ring (bicyclic) bond motifs is 1. The Bertz CT molecular complexity index is 1120. The third-order valence-electron chi connectivity index (χ3n) is 4.82. The first kappa shape index (κ1) is 16.9. The summed E-state index contributed by atoms with van der Waals surface area (Å²) in [5, 5.41) is 0.559. The van der Waals surface area contributed by atoms with Crippen LogP contribution in [0.2, 0.25) is 0 Å². The molecule has 1 saturated heterocycles. The SMILES string of the molecule is Nc1nc2ccc(Oc3ccnc(-c4ccc(N5CCCC5)nc4)c3)cc2s1. The molecular weight excluding hydrogens is 370 g/mol. The molecule has 0 atom stereocenters. The van der Waals surface area contributed by atoms with Crippen LogP contribution < -0.4 is 15.4 Å². The van der Waals surface area contributed by atoms with Crippen molar-refractivity contribution in [2.45, 2.75) is 12.8 Å². The van der Waals surface area contributed by atoms with Gasteiger partial charge in [-0.3, -0.25) is 4.98 Å². The van der Waals surface area contributed by atoms with Gasteiger partial charge >= 0.3 is 0 Å². The van der Waals surface area contributed by atoms with Crippen LogP contribution in [-0.4, -0.2) is 28.0 Å². The second-order valence-electron chi connectivity index (χ2n) is 6.76. The first-order chi connectivity index (χ1) is 13.7. The Kier molecular flexibility index (Phi) is 4.29. The Morgan fingerprint density at radius 2 is 1.82 bits per heavy atom. The number of aromatic nitrogens is 3. The molecule has 7 heteroatoms. The molecule has 28 heavy (non-hydrogen) atoms. The lowest BCUT2D eigenvalue weighted by molar-refractivity contribution is 0.483. The van der Waals surface area contributed by atoms with Gasteiger partial charge in [-0.2, -0.15) is 0 Å². The van der Waals surface area contributed by atoms with E-state index in [0.29, 0.717) is 5.13 Å². The van der Waals surface area contributed by atoms with Crippen LogP contribution in [0.25, 0.3) is 21.5 Å². The van der Waals surface area contributed by atoms with Crippen molar-refractivity contribution >= 4 is 32.5 Å². The van der Waals surface area contributed by atoms with E-state index in [1.54, 1.807) is 6.20 Å². The van der Waals surface area contributed by atoms with Gasteiger partial charge < -0.3 is 15.4 Å². The zero-order valence-corrected chi connectivity index (χ0v) is 16.0. The van der Waals surface area contributed by atoms with Gasteiger partial charge in [0.05, 0.1) is 15.9 Å². The maximum absolute atomic E-state index is 6.03. The predicted octanol–water partition coefficient (Wildman–Crippen LogP) is 4.73. The molecule has 140 valence electrons. The van der Waals surface area contributed by atoms with Gasteiger partial charge in [-0.15, -0.1) is 0 Å². The van der Waals surface area contributed by atoms with Gasteiger partial charge in [-0.1, -0.05) is 11.3 Å². The van der Waals surface area contributed by atoms with Gasteiger partial charge in [-0.05, 0) is 43.2 Å². The zero-order chi connectivity index (χ0) is 18.9. The largest absolute Gasteiger partial charge is 0.457 e. The lowest BCUT2D eigenvalue weighted by Crippen LogP contribution is -2.18.